The number of halogens is 1. The number of methoxy groups -OCH3 is 1. The summed E-state index contributed by atoms with van der Waals surface area (Å²) in [5.41, 5.74) is -0.0171. The molecule has 2 amide bonds. The number of ether oxygens (including phenoxy) is 3. The smallest absolute Gasteiger partial charge is 0.414 e. The lowest BCUT2D eigenvalue weighted by Crippen LogP contribution is -2.56. The molecule has 0 radical (unpaired) electrons. The maximum Gasteiger partial charge on any atom is 0.414 e. The van der Waals surface area contributed by atoms with Gasteiger partial charge in [0.2, 0.25) is 0 Å². The lowest BCUT2D eigenvalue weighted by Gasteiger charge is -2.24. The van der Waals surface area contributed by atoms with Crippen LogP contribution in [0.15, 0.2) is 49.6 Å². The predicted octanol–water partition coefficient (Wildman–Crippen LogP) is 3.88. The number of pyridine rings is 1. The Bertz CT molecular complexity index is 1140. The lowest BCUT2D eigenvalue weighted by molar-refractivity contribution is -0.144. The van der Waals surface area contributed by atoms with Crippen LogP contribution in [-0.2, 0) is 20.7 Å². The van der Waals surface area contributed by atoms with Gasteiger partial charge in [-0.15, -0.1) is 0 Å². The molecule has 2 N–H and O–H groups in total. The van der Waals surface area contributed by atoms with Crippen molar-refractivity contribution in [2.75, 3.05) is 20.2 Å². The molecule has 2 aromatic rings. The van der Waals surface area contributed by atoms with Crippen molar-refractivity contribution in [3.05, 3.63) is 60.2 Å². The highest BCUT2D eigenvalue weighted by Crippen LogP contribution is 2.29. The van der Waals surface area contributed by atoms with E-state index in [9.17, 15) is 19.5 Å². The van der Waals surface area contributed by atoms with E-state index in [0.717, 1.165) is 22.7 Å². The first-order chi connectivity index (χ1) is 16.3. The number of nitrogens with one attached hydrogen (secondary N) is 1. The van der Waals surface area contributed by atoms with Crippen molar-refractivity contribution in [3.8, 4) is 5.75 Å². The zero-order chi connectivity index (χ0) is 24.7. The highest BCUT2D eigenvalue weighted by molar-refractivity contribution is 6.32. The fourth-order valence-corrected chi connectivity index (χ4v) is 3.90. The number of hydrogen-bond acceptors (Lipinski definition) is 7. The van der Waals surface area contributed by atoms with Crippen molar-refractivity contribution >= 4 is 40.7 Å². The summed E-state index contributed by atoms with van der Waals surface area (Å²) in [7, 11) is 1.58. The Hall–Kier alpha value is -3.79. The standard InChI is InChI=1S/C23H24ClN3O7/c1-3-33-22(31)27-10-9-23(14-27,20(28)29)26-21(30)34-11-5-4-6-16-17-12-15(32-2)7-8-19(17)25-13-18(16)24/h3,5,7-8,11-13H,1,4,6,9-10,14H2,2H3,(H,26,30)(H,28,29). The molecule has 10 nitrogen and oxygen atoms in total. The minimum absolute atomic E-state index is 0.00443. The number of benzene rings is 1. The Morgan fingerprint density at radius 3 is 2.85 bits per heavy atom. The molecule has 1 aromatic heterocycles. The molecule has 1 aromatic carbocycles. The van der Waals surface area contributed by atoms with Crippen molar-refractivity contribution in [3.63, 3.8) is 0 Å². The highest BCUT2D eigenvalue weighted by Gasteiger charge is 2.48. The molecule has 1 atom stereocenters. The summed E-state index contributed by atoms with van der Waals surface area (Å²) in [6.45, 7) is 3.13. The molecule has 1 aliphatic rings. The first-order valence-corrected chi connectivity index (χ1v) is 10.7. The van der Waals surface area contributed by atoms with E-state index in [1.807, 2.05) is 18.2 Å². The minimum Gasteiger partial charge on any atom is -0.497 e. The van der Waals surface area contributed by atoms with Crippen molar-refractivity contribution in [2.24, 2.45) is 0 Å². The van der Waals surface area contributed by atoms with Crippen LogP contribution < -0.4 is 10.1 Å². The summed E-state index contributed by atoms with van der Waals surface area (Å²) in [5.74, 6) is -0.596. The number of fused-ring (bicyclic) bond motifs is 1. The monoisotopic (exact) mass is 489 g/mol. The number of carboxylic acids is 1. The van der Waals surface area contributed by atoms with Gasteiger partial charge in [0.25, 0.3) is 0 Å². The number of allylic oxidation sites excluding steroid dienone is 1. The molecular weight excluding hydrogens is 466 g/mol. The molecule has 180 valence electrons. The van der Waals surface area contributed by atoms with Crippen LogP contribution in [0.2, 0.25) is 5.02 Å². The van der Waals surface area contributed by atoms with Crippen molar-refractivity contribution in [2.45, 2.75) is 24.8 Å². The molecule has 3 rings (SSSR count). The van der Waals surface area contributed by atoms with Gasteiger partial charge in [0.05, 0.1) is 36.7 Å². The van der Waals surface area contributed by atoms with Crippen LogP contribution in [0.25, 0.3) is 10.9 Å². The summed E-state index contributed by atoms with van der Waals surface area (Å²) in [6, 6.07) is 5.52. The highest BCUT2D eigenvalue weighted by atomic mass is 35.5. The Kier molecular flexibility index (Phi) is 7.95. The maximum absolute atomic E-state index is 12.2. The van der Waals surface area contributed by atoms with Crippen LogP contribution in [-0.4, -0.2) is 58.9 Å². The number of carbonyl (C=O) groups is 3. The van der Waals surface area contributed by atoms with Gasteiger partial charge >= 0.3 is 18.2 Å². The molecular formula is C23H24ClN3O7. The third kappa shape index (κ3) is 5.57. The first kappa shape index (κ1) is 24.8. The molecule has 1 fully saturated rings. The Morgan fingerprint density at radius 1 is 1.35 bits per heavy atom. The second-order valence-corrected chi connectivity index (χ2v) is 7.92. The van der Waals surface area contributed by atoms with Crippen LogP contribution in [0.3, 0.4) is 0 Å². The van der Waals surface area contributed by atoms with E-state index in [0.29, 0.717) is 23.6 Å². The molecule has 1 saturated heterocycles. The quantitative estimate of drug-likeness (QED) is 0.535. The first-order valence-electron chi connectivity index (χ1n) is 10.3. The molecule has 0 spiro atoms. The van der Waals surface area contributed by atoms with Gasteiger partial charge < -0.3 is 29.5 Å². The van der Waals surface area contributed by atoms with E-state index in [4.69, 9.17) is 21.1 Å². The van der Waals surface area contributed by atoms with E-state index in [1.165, 1.54) is 11.2 Å². The van der Waals surface area contributed by atoms with E-state index in [2.05, 4.69) is 21.6 Å². The fraction of sp³-hybridized carbons (Fsp3) is 0.304. The number of nitrogens with zero attached hydrogens (tertiary/aromatic N) is 2. The average molecular weight is 490 g/mol. The largest absolute Gasteiger partial charge is 0.497 e. The van der Waals surface area contributed by atoms with Gasteiger partial charge in [0.15, 0.2) is 5.54 Å². The molecule has 0 aliphatic carbocycles. The number of hydrogen-bond donors (Lipinski definition) is 2. The molecule has 11 heteroatoms. The number of aromatic nitrogens is 1. The van der Waals surface area contributed by atoms with Crippen LogP contribution in [0.5, 0.6) is 5.75 Å². The van der Waals surface area contributed by atoms with Crippen molar-refractivity contribution < 1.29 is 33.7 Å². The van der Waals surface area contributed by atoms with Gasteiger partial charge in [-0.2, -0.15) is 0 Å². The molecule has 1 unspecified atom stereocenters. The Morgan fingerprint density at radius 2 is 2.15 bits per heavy atom. The summed E-state index contributed by atoms with van der Waals surface area (Å²) in [6.07, 6.45) is 4.70. The Balaban J connectivity index is 1.57. The number of amides is 2. The van der Waals surface area contributed by atoms with Gasteiger partial charge in [-0.05, 0) is 42.7 Å². The van der Waals surface area contributed by atoms with Gasteiger partial charge in [-0.1, -0.05) is 18.2 Å². The number of rotatable bonds is 8. The number of aliphatic carboxylic acids is 1. The van der Waals surface area contributed by atoms with Crippen molar-refractivity contribution in [1.29, 1.82) is 0 Å². The van der Waals surface area contributed by atoms with Crippen LogP contribution >= 0.6 is 11.6 Å². The second kappa shape index (κ2) is 10.9. The molecule has 1 aliphatic heterocycles. The number of alkyl carbamates (subject to hydrolysis) is 1. The van der Waals surface area contributed by atoms with E-state index < -0.39 is 23.7 Å². The third-order valence-corrected chi connectivity index (χ3v) is 5.75. The zero-order valence-electron chi connectivity index (χ0n) is 18.5. The van der Waals surface area contributed by atoms with E-state index in [1.54, 1.807) is 19.4 Å². The second-order valence-electron chi connectivity index (χ2n) is 7.52. The van der Waals surface area contributed by atoms with Crippen molar-refractivity contribution in [1.82, 2.24) is 15.2 Å². The third-order valence-electron chi connectivity index (χ3n) is 5.43. The summed E-state index contributed by atoms with van der Waals surface area (Å²) in [4.78, 5) is 41.3. The molecule has 34 heavy (non-hydrogen) atoms. The number of carboxylic acid groups (broad SMARTS) is 1. The Labute approximate surface area is 200 Å². The maximum atomic E-state index is 12.2. The molecule has 2 heterocycles. The predicted molar refractivity (Wildman–Crippen MR) is 124 cm³/mol. The lowest BCUT2D eigenvalue weighted by atomic mass is 9.99. The number of aryl methyl sites for hydroxylation is 1. The number of carbonyl (C=O) groups excluding carboxylic acids is 2. The topological polar surface area (TPSA) is 127 Å². The van der Waals surface area contributed by atoms with Gasteiger partial charge in [0.1, 0.15) is 5.75 Å². The fourth-order valence-electron chi connectivity index (χ4n) is 3.66. The van der Waals surface area contributed by atoms with Gasteiger partial charge in [0, 0.05) is 24.5 Å². The summed E-state index contributed by atoms with van der Waals surface area (Å²) in [5, 5.41) is 13.3. The van der Waals surface area contributed by atoms with Crippen LogP contribution in [0.4, 0.5) is 9.59 Å². The van der Waals surface area contributed by atoms with E-state index in [-0.39, 0.29) is 19.5 Å². The average Bonchev–Trinajstić information content (AvgIpc) is 3.25. The van der Waals surface area contributed by atoms with Crippen LogP contribution in [0, 0.1) is 0 Å². The van der Waals surface area contributed by atoms with Gasteiger partial charge in [-0.3, -0.25) is 4.98 Å². The zero-order valence-corrected chi connectivity index (χ0v) is 19.2. The molecule has 0 bridgehead atoms. The number of likely N-dealkylation sites (tertiary alicyclic amines) is 1. The minimum atomic E-state index is -1.67. The SMILES string of the molecule is C=COC(=O)N1CCC(NC(=O)OC=CCCc2c(Cl)cnc3ccc(OC)cc23)(C(=O)O)C1. The summed E-state index contributed by atoms with van der Waals surface area (Å²) < 4.78 is 14.9. The summed E-state index contributed by atoms with van der Waals surface area (Å²) >= 11 is 6.34. The van der Waals surface area contributed by atoms with Gasteiger partial charge in [-0.25, -0.2) is 14.4 Å². The molecule has 0 saturated carbocycles. The normalized spacial score (nSPS) is 17.5. The van der Waals surface area contributed by atoms with Crippen LogP contribution in [0.1, 0.15) is 18.4 Å². The van der Waals surface area contributed by atoms with E-state index >= 15 is 0 Å².